The Morgan fingerprint density at radius 2 is 1.74 bits per heavy atom. The van der Waals surface area contributed by atoms with Crippen molar-refractivity contribution in [1.82, 2.24) is 0 Å². The predicted octanol–water partition coefficient (Wildman–Crippen LogP) is 2.82. The number of aliphatic carboxylic acids is 1. The molecule has 1 aromatic rings. The number of nitrogens with one attached hydrogen (secondary N) is 1. The second-order valence-corrected chi connectivity index (χ2v) is 7.45. The summed E-state index contributed by atoms with van der Waals surface area (Å²) in [7, 11) is 0. The maximum Gasteiger partial charge on any atom is 0.303 e. The van der Waals surface area contributed by atoms with Crippen molar-refractivity contribution in [1.29, 1.82) is 0 Å². The Morgan fingerprint density at radius 1 is 1.04 bits per heavy atom. The zero-order valence-corrected chi connectivity index (χ0v) is 15.7. The summed E-state index contributed by atoms with van der Waals surface area (Å²) in [6.45, 7) is 0.188. The van der Waals surface area contributed by atoms with Crippen molar-refractivity contribution in [2.75, 3.05) is 11.9 Å². The highest BCUT2D eigenvalue weighted by Gasteiger charge is 2.40. The van der Waals surface area contributed by atoms with E-state index in [2.05, 4.69) is 5.32 Å². The minimum absolute atomic E-state index is 0.00491. The van der Waals surface area contributed by atoms with E-state index < -0.39 is 18.2 Å². The first-order valence-electron chi connectivity index (χ1n) is 9.84. The summed E-state index contributed by atoms with van der Waals surface area (Å²) in [6.07, 6.45) is 6.09. The summed E-state index contributed by atoms with van der Waals surface area (Å²) < 4.78 is 5.13. The van der Waals surface area contributed by atoms with Gasteiger partial charge in [0, 0.05) is 18.9 Å². The molecule has 27 heavy (non-hydrogen) atoms. The van der Waals surface area contributed by atoms with Gasteiger partial charge in [-0.05, 0) is 43.6 Å². The molecule has 7 nitrogen and oxygen atoms in total. The molecule has 152 valence electrons. The largest absolute Gasteiger partial charge is 0.481 e. The molecule has 1 aliphatic carbocycles. The lowest BCUT2D eigenvalue weighted by Crippen LogP contribution is -2.24. The number of carbonyl (C=O) groups excluding carboxylic acids is 1. The fraction of sp³-hybridized carbons (Fsp3) is 0.700. The van der Waals surface area contributed by atoms with E-state index in [4.69, 9.17) is 9.52 Å². The standard InChI is InChI=1S/C20H31NO6/c22-14(13-21-19-7-5-11-27-19)9-10-16-15(17(23)12-18(16)24)6-3-1-2-4-8-20(25)26/h5,7,11,15-18,21,23-24H,1-4,6,8-10,12-13H2,(H,25,26)/t15-,16-,17+,18-/m1/s1. The minimum Gasteiger partial charge on any atom is -0.481 e. The second-order valence-electron chi connectivity index (χ2n) is 7.45. The van der Waals surface area contributed by atoms with Crippen molar-refractivity contribution in [3.8, 4) is 0 Å². The topological polar surface area (TPSA) is 120 Å². The zero-order chi connectivity index (χ0) is 19.6. The molecule has 0 amide bonds. The maximum absolute atomic E-state index is 12.1. The van der Waals surface area contributed by atoms with Gasteiger partial charge < -0.3 is 25.1 Å². The highest BCUT2D eigenvalue weighted by Crippen LogP contribution is 2.39. The van der Waals surface area contributed by atoms with Crippen LogP contribution in [0.2, 0.25) is 0 Å². The van der Waals surface area contributed by atoms with E-state index in [1.807, 2.05) is 0 Å². The van der Waals surface area contributed by atoms with E-state index in [1.54, 1.807) is 12.1 Å². The van der Waals surface area contributed by atoms with Gasteiger partial charge >= 0.3 is 5.97 Å². The van der Waals surface area contributed by atoms with E-state index in [0.29, 0.717) is 31.6 Å². The average Bonchev–Trinajstić information content (AvgIpc) is 3.22. The van der Waals surface area contributed by atoms with Crippen LogP contribution in [0.15, 0.2) is 22.8 Å². The van der Waals surface area contributed by atoms with E-state index in [0.717, 1.165) is 25.7 Å². The lowest BCUT2D eigenvalue weighted by molar-refractivity contribution is -0.137. The number of carboxylic acids is 1. The fourth-order valence-electron chi connectivity index (χ4n) is 3.97. The quantitative estimate of drug-likeness (QED) is 0.388. The lowest BCUT2D eigenvalue weighted by atomic mass is 9.85. The van der Waals surface area contributed by atoms with Crippen LogP contribution < -0.4 is 5.32 Å². The molecule has 4 N–H and O–H groups in total. The Hall–Kier alpha value is -1.86. The highest BCUT2D eigenvalue weighted by atomic mass is 16.4. The van der Waals surface area contributed by atoms with Gasteiger partial charge in [0.2, 0.25) is 0 Å². The molecular weight excluding hydrogens is 350 g/mol. The maximum atomic E-state index is 12.1. The zero-order valence-electron chi connectivity index (χ0n) is 15.7. The van der Waals surface area contributed by atoms with Gasteiger partial charge in [0.25, 0.3) is 0 Å². The molecule has 0 spiro atoms. The Kier molecular flexibility index (Phi) is 8.81. The van der Waals surface area contributed by atoms with E-state index in [9.17, 15) is 19.8 Å². The van der Waals surface area contributed by atoms with Crippen molar-refractivity contribution in [3.05, 3.63) is 18.4 Å². The first-order chi connectivity index (χ1) is 13.0. The molecule has 1 heterocycles. The summed E-state index contributed by atoms with van der Waals surface area (Å²) in [5.74, 6) is -0.222. The molecule has 0 bridgehead atoms. The number of ketones is 1. The molecule has 1 aliphatic rings. The number of hydrogen-bond acceptors (Lipinski definition) is 6. The van der Waals surface area contributed by atoms with E-state index >= 15 is 0 Å². The first-order valence-corrected chi connectivity index (χ1v) is 9.84. The monoisotopic (exact) mass is 381 g/mol. The van der Waals surface area contributed by atoms with Crippen LogP contribution in [0, 0.1) is 11.8 Å². The number of hydrogen-bond donors (Lipinski definition) is 4. The van der Waals surface area contributed by atoms with Crippen molar-refractivity contribution >= 4 is 17.6 Å². The molecule has 0 aliphatic heterocycles. The van der Waals surface area contributed by atoms with Crippen LogP contribution in [0.1, 0.15) is 57.8 Å². The molecule has 1 fully saturated rings. The lowest BCUT2D eigenvalue weighted by Gasteiger charge is -2.23. The van der Waals surface area contributed by atoms with Crippen LogP contribution in [0.25, 0.3) is 0 Å². The third-order valence-electron chi connectivity index (χ3n) is 5.44. The van der Waals surface area contributed by atoms with E-state index in [-0.39, 0.29) is 30.6 Å². The van der Waals surface area contributed by atoms with Crippen LogP contribution in [0.4, 0.5) is 5.88 Å². The summed E-state index contributed by atoms with van der Waals surface area (Å²) >= 11 is 0. The van der Waals surface area contributed by atoms with Crippen LogP contribution in [-0.4, -0.2) is 45.8 Å². The van der Waals surface area contributed by atoms with Gasteiger partial charge in [0.1, 0.15) is 0 Å². The van der Waals surface area contributed by atoms with Crippen LogP contribution >= 0.6 is 0 Å². The Morgan fingerprint density at radius 3 is 2.41 bits per heavy atom. The molecule has 1 saturated carbocycles. The van der Waals surface area contributed by atoms with Gasteiger partial charge in [0.05, 0.1) is 25.0 Å². The summed E-state index contributed by atoms with van der Waals surface area (Å²) in [4.78, 5) is 22.6. The summed E-state index contributed by atoms with van der Waals surface area (Å²) in [6, 6.07) is 3.49. The van der Waals surface area contributed by atoms with Gasteiger partial charge in [-0.2, -0.15) is 0 Å². The number of Topliss-reactive ketones (excluding diaryl/α,β-unsaturated/α-hetero) is 1. The van der Waals surface area contributed by atoms with Gasteiger partial charge in [0.15, 0.2) is 11.7 Å². The third kappa shape index (κ3) is 7.34. The van der Waals surface area contributed by atoms with Crippen molar-refractivity contribution in [2.24, 2.45) is 11.8 Å². The molecule has 0 radical (unpaired) electrons. The summed E-state index contributed by atoms with van der Waals surface area (Å²) in [5, 5.41) is 32.1. The van der Waals surface area contributed by atoms with Gasteiger partial charge in [-0.25, -0.2) is 0 Å². The SMILES string of the molecule is O=C(O)CCCCCC[C@@H]1[C@@H](CCC(=O)CNc2ccco2)[C@H](O)C[C@@H]1O. The Labute approximate surface area is 159 Å². The number of rotatable bonds is 13. The number of anilines is 1. The smallest absolute Gasteiger partial charge is 0.303 e. The number of unbranched alkanes of at least 4 members (excludes halogenated alkanes) is 3. The molecule has 7 heteroatoms. The molecule has 1 aromatic heterocycles. The number of carbonyl (C=O) groups is 2. The van der Waals surface area contributed by atoms with Crippen LogP contribution in [0.5, 0.6) is 0 Å². The predicted molar refractivity (Wildman–Crippen MR) is 100 cm³/mol. The van der Waals surface area contributed by atoms with Gasteiger partial charge in [-0.15, -0.1) is 0 Å². The number of furan rings is 1. The van der Waals surface area contributed by atoms with Crippen LogP contribution in [0.3, 0.4) is 0 Å². The first kappa shape index (κ1) is 21.4. The van der Waals surface area contributed by atoms with Gasteiger partial charge in [-0.3, -0.25) is 9.59 Å². The number of aliphatic hydroxyl groups is 2. The molecule has 0 unspecified atom stereocenters. The molecule has 4 atom stereocenters. The highest BCUT2D eigenvalue weighted by molar-refractivity contribution is 5.82. The summed E-state index contributed by atoms with van der Waals surface area (Å²) in [5.41, 5.74) is 0. The number of aliphatic hydroxyl groups excluding tert-OH is 2. The molecule has 0 saturated heterocycles. The molecular formula is C20H31NO6. The van der Waals surface area contributed by atoms with Crippen LogP contribution in [-0.2, 0) is 9.59 Å². The Bertz CT molecular complexity index is 573. The average molecular weight is 381 g/mol. The van der Waals surface area contributed by atoms with Crippen molar-refractivity contribution < 1.29 is 29.3 Å². The minimum atomic E-state index is -0.768. The normalized spacial score (nSPS) is 24.8. The van der Waals surface area contributed by atoms with Gasteiger partial charge in [-0.1, -0.05) is 19.3 Å². The van der Waals surface area contributed by atoms with Crippen molar-refractivity contribution in [2.45, 2.75) is 70.0 Å². The Balaban J connectivity index is 1.69. The molecule has 2 rings (SSSR count). The number of carboxylic acid groups (broad SMARTS) is 1. The van der Waals surface area contributed by atoms with Crippen molar-refractivity contribution in [3.63, 3.8) is 0 Å². The second kappa shape index (κ2) is 11.1. The van der Waals surface area contributed by atoms with E-state index in [1.165, 1.54) is 6.26 Å². The fourth-order valence-corrected chi connectivity index (χ4v) is 3.97. The molecule has 0 aromatic carbocycles. The third-order valence-corrected chi connectivity index (χ3v) is 5.44.